The second-order valence-electron chi connectivity index (χ2n) is 6.39. The highest BCUT2D eigenvalue weighted by molar-refractivity contribution is 5.96. The lowest BCUT2D eigenvalue weighted by atomic mass is 9.95. The fourth-order valence-electron chi connectivity index (χ4n) is 3.12. The summed E-state index contributed by atoms with van der Waals surface area (Å²) >= 11 is 0. The molecule has 0 atom stereocenters. The van der Waals surface area contributed by atoms with E-state index >= 15 is 0 Å². The van der Waals surface area contributed by atoms with Gasteiger partial charge in [0.1, 0.15) is 0 Å². The lowest BCUT2D eigenvalue weighted by molar-refractivity contribution is -0.120. The first kappa shape index (κ1) is 17.5. The summed E-state index contributed by atoms with van der Waals surface area (Å²) in [5.41, 5.74) is 1.40. The van der Waals surface area contributed by atoms with Crippen LogP contribution >= 0.6 is 0 Å². The van der Waals surface area contributed by atoms with Gasteiger partial charge in [-0.25, -0.2) is 0 Å². The highest BCUT2D eigenvalue weighted by atomic mass is 16.2. The van der Waals surface area contributed by atoms with Crippen LogP contribution in [0.5, 0.6) is 0 Å². The van der Waals surface area contributed by atoms with Crippen molar-refractivity contribution in [2.45, 2.75) is 64.8 Å². The molecule has 1 aromatic rings. The van der Waals surface area contributed by atoms with E-state index in [1.165, 1.54) is 19.3 Å². The normalized spacial score (nSPS) is 15.4. The van der Waals surface area contributed by atoms with Crippen molar-refractivity contribution < 1.29 is 9.59 Å². The number of nitrogens with one attached hydrogen (secondary N) is 2. The summed E-state index contributed by atoms with van der Waals surface area (Å²) in [5, 5.41) is 6.03. The van der Waals surface area contributed by atoms with Gasteiger partial charge in [0.05, 0.1) is 0 Å². The van der Waals surface area contributed by atoms with Crippen LogP contribution in [0.2, 0.25) is 0 Å². The van der Waals surface area contributed by atoms with Crippen molar-refractivity contribution in [3.63, 3.8) is 0 Å². The van der Waals surface area contributed by atoms with Gasteiger partial charge in [0.15, 0.2) is 0 Å². The second kappa shape index (κ2) is 8.70. The molecule has 1 saturated carbocycles. The Bertz CT molecular complexity index is 515. The van der Waals surface area contributed by atoms with Crippen molar-refractivity contribution in [3.05, 3.63) is 29.8 Å². The second-order valence-corrected chi connectivity index (χ2v) is 6.39. The van der Waals surface area contributed by atoms with E-state index in [-0.39, 0.29) is 17.7 Å². The Morgan fingerprint density at radius 3 is 2.22 bits per heavy atom. The zero-order valence-corrected chi connectivity index (χ0v) is 14.2. The van der Waals surface area contributed by atoms with E-state index in [0.29, 0.717) is 11.6 Å². The molecular weight excluding hydrogens is 288 g/mol. The molecule has 2 N–H and O–H groups in total. The average molecular weight is 316 g/mol. The SMILES string of the molecule is CCC(CC)C(=O)Nc1ccc(C(=O)NC2CCCCC2)cc1. The number of amides is 2. The van der Waals surface area contributed by atoms with Gasteiger partial charge in [0.25, 0.3) is 5.91 Å². The number of carbonyl (C=O) groups is 2. The predicted molar refractivity (Wildman–Crippen MR) is 93.5 cm³/mol. The van der Waals surface area contributed by atoms with Gasteiger partial charge in [-0.05, 0) is 49.9 Å². The van der Waals surface area contributed by atoms with E-state index in [1.54, 1.807) is 24.3 Å². The van der Waals surface area contributed by atoms with Crippen LogP contribution in [-0.4, -0.2) is 17.9 Å². The molecule has 0 saturated heterocycles. The fourth-order valence-corrected chi connectivity index (χ4v) is 3.12. The first-order chi connectivity index (χ1) is 11.1. The third-order valence-corrected chi connectivity index (χ3v) is 4.71. The van der Waals surface area contributed by atoms with Gasteiger partial charge in [0, 0.05) is 23.2 Å². The smallest absolute Gasteiger partial charge is 0.251 e. The summed E-state index contributed by atoms with van der Waals surface area (Å²) < 4.78 is 0. The zero-order chi connectivity index (χ0) is 16.7. The Morgan fingerprint density at radius 1 is 1.04 bits per heavy atom. The molecule has 0 spiro atoms. The van der Waals surface area contributed by atoms with Crippen molar-refractivity contribution in [1.29, 1.82) is 0 Å². The number of anilines is 1. The Kier molecular flexibility index (Phi) is 6.63. The van der Waals surface area contributed by atoms with Crippen LogP contribution in [-0.2, 0) is 4.79 Å². The maximum Gasteiger partial charge on any atom is 0.251 e. The van der Waals surface area contributed by atoms with E-state index in [4.69, 9.17) is 0 Å². The minimum atomic E-state index is -0.0187. The van der Waals surface area contributed by atoms with Gasteiger partial charge in [-0.3, -0.25) is 9.59 Å². The molecule has 4 heteroatoms. The Balaban J connectivity index is 1.90. The summed E-state index contributed by atoms with van der Waals surface area (Å²) in [4.78, 5) is 24.3. The number of carbonyl (C=O) groups excluding carboxylic acids is 2. The van der Waals surface area contributed by atoms with Gasteiger partial charge in [-0.1, -0.05) is 33.1 Å². The molecule has 1 fully saturated rings. The molecule has 0 aromatic heterocycles. The van der Waals surface area contributed by atoms with Crippen molar-refractivity contribution in [3.8, 4) is 0 Å². The average Bonchev–Trinajstić information content (AvgIpc) is 2.57. The van der Waals surface area contributed by atoms with Gasteiger partial charge in [-0.2, -0.15) is 0 Å². The maximum absolute atomic E-state index is 12.2. The Hall–Kier alpha value is -1.84. The van der Waals surface area contributed by atoms with Gasteiger partial charge < -0.3 is 10.6 Å². The molecule has 2 rings (SSSR count). The lowest BCUT2D eigenvalue weighted by Crippen LogP contribution is -2.36. The minimum Gasteiger partial charge on any atom is -0.349 e. The number of rotatable bonds is 6. The van der Waals surface area contributed by atoms with Crippen molar-refractivity contribution in [2.75, 3.05) is 5.32 Å². The van der Waals surface area contributed by atoms with Crippen LogP contribution in [0, 0.1) is 5.92 Å². The molecular formula is C19H28N2O2. The highest BCUT2D eigenvalue weighted by Gasteiger charge is 2.17. The fraction of sp³-hybridized carbons (Fsp3) is 0.579. The third kappa shape index (κ3) is 5.08. The zero-order valence-electron chi connectivity index (χ0n) is 14.2. The molecule has 0 bridgehead atoms. The molecule has 1 aliphatic carbocycles. The van der Waals surface area contributed by atoms with E-state index in [9.17, 15) is 9.59 Å². The number of hydrogen-bond acceptors (Lipinski definition) is 2. The first-order valence-corrected chi connectivity index (χ1v) is 8.85. The standard InChI is InChI=1S/C19H28N2O2/c1-3-14(4-2)18(22)21-17-12-10-15(11-13-17)19(23)20-16-8-6-5-7-9-16/h10-14,16H,3-9H2,1-2H3,(H,20,23)(H,21,22). The number of hydrogen-bond donors (Lipinski definition) is 2. The summed E-state index contributed by atoms with van der Waals surface area (Å²) in [6.45, 7) is 4.04. The van der Waals surface area contributed by atoms with Crippen LogP contribution < -0.4 is 10.6 Å². The Morgan fingerprint density at radius 2 is 1.65 bits per heavy atom. The van der Waals surface area contributed by atoms with Gasteiger partial charge >= 0.3 is 0 Å². The molecule has 126 valence electrons. The highest BCUT2D eigenvalue weighted by Crippen LogP contribution is 2.18. The van der Waals surface area contributed by atoms with Crippen molar-refractivity contribution >= 4 is 17.5 Å². The monoisotopic (exact) mass is 316 g/mol. The molecule has 0 unspecified atom stereocenters. The number of benzene rings is 1. The van der Waals surface area contributed by atoms with Crippen molar-refractivity contribution in [2.24, 2.45) is 5.92 Å². The van der Waals surface area contributed by atoms with Crippen LogP contribution in [0.3, 0.4) is 0 Å². The topological polar surface area (TPSA) is 58.2 Å². The van der Waals surface area contributed by atoms with E-state index in [1.807, 2.05) is 13.8 Å². The molecule has 4 nitrogen and oxygen atoms in total. The van der Waals surface area contributed by atoms with Crippen LogP contribution in [0.25, 0.3) is 0 Å². The van der Waals surface area contributed by atoms with Crippen LogP contribution in [0.4, 0.5) is 5.69 Å². The molecule has 1 aliphatic rings. The molecule has 0 radical (unpaired) electrons. The first-order valence-electron chi connectivity index (χ1n) is 8.85. The quantitative estimate of drug-likeness (QED) is 0.829. The summed E-state index contributed by atoms with van der Waals surface area (Å²) in [7, 11) is 0. The van der Waals surface area contributed by atoms with Gasteiger partial charge in [-0.15, -0.1) is 0 Å². The summed E-state index contributed by atoms with van der Waals surface area (Å²) in [6, 6.07) is 7.47. The molecule has 23 heavy (non-hydrogen) atoms. The maximum atomic E-state index is 12.2. The summed E-state index contributed by atoms with van der Waals surface area (Å²) in [6.07, 6.45) is 7.51. The van der Waals surface area contributed by atoms with E-state index in [2.05, 4.69) is 10.6 Å². The summed E-state index contributed by atoms with van der Waals surface area (Å²) in [5.74, 6) is 0.0773. The van der Waals surface area contributed by atoms with E-state index in [0.717, 1.165) is 31.4 Å². The van der Waals surface area contributed by atoms with Gasteiger partial charge in [0.2, 0.25) is 5.91 Å². The minimum absolute atomic E-state index is 0.0187. The molecule has 0 heterocycles. The lowest BCUT2D eigenvalue weighted by Gasteiger charge is -2.22. The Labute approximate surface area is 139 Å². The van der Waals surface area contributed by atoms with Crippen LogP contribution in [0.1, 0.15) is 69.2 Å². The molecule has 2 amide bonds. The predicted octanol–water partition coefficient (Wildman–Crippen LogP) is 4.12. The van der Waals surface area contributed by atoms with E-state index < -0.39 is 0 Å². The molecule has 0 aliphatic heterocycles. The molecule has 1 aromatic carbocycles. The third-order valence-electron chi connectivity index (χ3n) is 4.71. The van der Waals surface area contributed by atoms with Crippen LogP contribution in [0.15, 0.2) is 24.3 Å². The largest absolute Gasteiger partial charge is 0.349 e. The van der Waals surface area contributed by atoms with Crippen molar-refractivity contribution in [1.82, 2.24) is 5.32 Å².